The van der Waals surface area contributed by atoms with Gasteiger partial charge in [-0.3, -0.25) is 13.9 Å². The average molecular weight is 681 g/mol. The smallest absolute Gasteiger partial charge is 0.464 e. The number of imidazole rings is 1. The number of benzene rings is 1. The van der Waals surface area contributed by atoms with Crippen molar-refractivity contribution >= 4 is 50.1 Å². The summed E-state index contributed by atoms with van der Waals surface area (Å²) >= 11 is 5.86. The fourth-order valence-corrected chi connectivity index (χ4v) is 7.01. The van der Waals surface area contributed by atoms with E-state index in [1.807, 2.05) is 20.8 Å². The lowest BCUT2D eigenvalue weighted by Crippen LogP contribution is -2.36. The standard InChI is InChI=1S/C24H32ClFN6O10P2/c1-13(22(34)38-11-24(2,3)4)31-43(35,41-14-8-6-5-7-9-14)42-44(36,37)39-10-15-18(33)16(26)21(40-15)32-12-28-17-19(27)29-23(25)30-20(17)32/h5-9,12-13,15-16,18,21,33H,10-11H2,1-4H3,(H,31,35)(H,36,37)(H2,27,29,30)/t13-,15?,16?,18?,21?,43?/m0/s1. The molecule has 2 aromatic heterocycles. The minimum absolute atomic E-state index is 0.0142. The van der Waals surface area contributed by atoms with Crippen LogP contribution in [0.1, 0.15) is 33.9 Å². The summed E-state index contributed by atoms with van der Waals surface area (Å²) in [6, 6.07) is 6.17. The Hall–Kier alpha value is -2.72. The van der Waals surface area contributed by atoms with Crippen LogP contribution in [0.4, 0.5) is 10.2 Å². The molecule has 0 bridgehead atoms. The highest BCUT2D eigenvalue weighted by Gasteiger charge is 2.48. The molecule has 20 heteroatoms. The number of aliphatic hydroxyl groups excluding tert-OH is 1. The summed E-state index contributed by atoms with van der Waals surface area (Å²) < 4.78 is 68.8. The first-order valence-electron chi connectivity index (χ1n) is 13.1. The minimum atomic E-state index is -5.30. The van der Waals surface area contributed by atoms with Crippen LogP contribution in [0, 0.1) is 5.41 Å². The van der Waals surface area contributed by atoms with Crippen LogP contribution in [-0.2, 0) is 32.2 Å². The molecule has 1 fully saturated rings. The van der Waals surface area contributed by atoms with Gasteiger partial charge in [0.1, 0.15) is 29.5 Å². The molecule has 1 aromatic carbocycles. The van der Waals surface area contributed by atoms with Gasteiger partial charge in [-0.25, -0.2) is 18.5 Å². The van der Waals surface area contributed by atoms with Gasteiger partial charge in [0.2, 0.25) is 5.28 Å². The van der Waals surface area contributed by atoms with Gasteiger partial charge in [0, 0.05) is 0 Å². The van der Waals surface area contributed by atoms with E-state index in [4.69, 9.17) is 40.2 Å². The number of halogens is 2. The third-order valence-corrected chi connectivity index (χ3v) is 9.41. The summed E-state index contributed by atoms with van der Waals surface area (Å²) in [5, 5.41) is 12.5. The van der Waals surface area contributed by atoms with E-state index in [2.05, 4.69) is 20.0 Å². The van der Waals surface area contributed by atoms with Crippen molar-refractivity contribution in [2.45, 2.75) is 58.3 Å². The van der Waals surface area contributed by atoms with Gasteiger partial charge in [-0.2, -0.15) is 19.4 Å². The zero-order valence-corrected chi connectivity index (χ0v) is 26.5. The molecule has 1 saturated heterocycles. The lowest BCUT2D eigenvalue weighted by molar-refractivity contribution is -0.148. The maximum atomic E-state index is 15.1. The summed E-state index contributed by atoms with van der Waals surface area (Å²) in [5.41, 5.74) is 5.53. The molecule has 6 unspecified atom stereocenters. The fourth-order valence-electron chi connectivity index (χ4n) is 3.88. The number of carbonyl (C=O) groups excluding carboxylic acids is 1. The molecule has 3 heterocycles. The molecule has 16 nitrogen and oxygen atoms in total. The zero-order chi connectivity index (χ0) is 32.4. The number of phosphoric acid groups is 1. The Kier molecular flexibility index (Phi) is 10.3. The predicted molar refractivity (Wildman–Crippen MR) is 154 cm³/mol. The number of nitrogen functional groups attached to an aromatic ring is 1. The summed E-state index contributed by atoms with van der Waals surface area (Å²) in [4.78, 5) is 34.7. The van der Waals surface area contributed by atoms with Crippen molar-refractivity contribution in [2.75, 3.05) is 18.9 Å². The number of ether oxygens (including phenoxy) is 2. The van der Waals surface area contributed by atoms with E-state index in [9.17, 15) is 23.9 Å². The number of rotatable bonds is 12. The lowest BCUT2D eigenvalue weighted by Gasteiger charge is -2.25. The van der Waals surface area contributed by atoms with Gasteiger partial charge in [-0.05, 0) is 36.1 Å². The second kappa shape index (κ2) is 13.3. The first-order chi connectivity index (χ1) is 20.5. The van der Waals surface area contributed by atoms with Crippen LogP contribution < -0.4 is 15.3 Å². The van der Waals surface area contributed by atoms with Gasteiger partial charge in [0.05, 0.1) is 19.5 Å². The van der Waals surface area contributed by atoms with Crippen LogP contribution in [0.15, 0.2) is 36.7 Å². The van der Waals surface area contributed by atoms with Crippen molar-refractivity contribution < 1.29 is 51.1 Å². The van der Waals surface area contributed by atoms with Gasteiger partial charge < -0.3 is 29.7 Å². The maximum absolute atomic E-state index is 15.1. The first-order valence-corrected chi connectivity index (χ1v) is 16.5. The molecular weight excluding hydrogens is 649 g/mol. The van der Waals surface area contributed by atoms with Gasteiger partial charge in [-0.15, -0.1) is 0 Å². The number of hydrogen-bond acceptors (Lipinski definition) is 13. The van der Waals surface area contributed by atoms with Gasteiger partial charge in [0.15, 0.2) is 23.9 Å². The van der Waals surface area contributed by atoms with E-state index >= 15 is 4.39 Å². The highest BCUT2D eigenvalue weighted by molar-refractivity contribution is 7.63. The monoisotopic (exact) mass is 680 g/mol. The number of para-hydroxylation sites is 1. The van der Waals surface area contributed by atoms with Crippen LogP contribution >= 0.6 is 27.2 Å². The topological polar surface area (TPSA) is 219 Å². The Labute approximate surface area is 256 Å². The molecule has 0 aliphatic carbocycles. The van der Waals surface area contributed by atoms with Gasteiger partial charge >= 0.3 is 21.5 Å². The van der Waals surface area contributed by atoms with Crippen LogP contribution in [0.5, 0.6) is 5.75 Å². The number of nitrogens with two attached hydrogens (primary N) is 1. The molecule has 5 N–H and O–H groups in total. The highest BCUT2D eigenvalue weighted by atomic mass is 35.5. The van der Waals surface area contributed by atoms with Crippen LogP contribution in [0.2, 0.25) is 5.28 Å². The molecule has 0 spiro atoms. The third-order valence-electron chi connectivity index (χ3n) is 5.92. The van der Waals surface area contributed by atoms with Crippen LogP contribution in [0.25, 0.3) is 11.2 Å². The fraction of sp³-hybridized carbons (Fsp3) is 0.500. The average Bonchev–Trinajstić information content (AvgIpc) is 3.46. The molecular formula is C24H32ClFN6O10P2. The Balaban J connectivity index is 1.46. The van der Waals surface area contributed by atoms with Crippen LogP contribution in [-0.4, -0.2) is 73.1 Å². The zero-order valence-electron chi connectivity index (χ0n) is 23.9. The normalized spacial score (nSPS) is 24.0. The molecule has 7 atom stereocenters. The summed E-state index contributed by atoms with van der Waals surface area (Å²) in [6.07, 6.45) is -5.81. The van der Waals surface area contributed by atoms with Gasteiger partial charge in [-0.1, -0.05) is 39.0 Å². The molecule has 0 amide bonds. The number of nitrogens with zero attached hydrogens (tertiary/aromatic N) is 4. The summed E-state index contributed by atoms with van der Waals surface area (Å²) in [5.74, 6) is -0.941. The second-order valence-corrected chi connectivity index (χ2v) is 14.6. The molecule has 0 saturated carbocycles. The molecule has 4 rings (SSSR count). The number of aromatic nitrogens is 4. The highest BCUT2D eigenvalue weighted by Crippen LogP contribution is 2.60. The Morgan fingerprint density at radius 3 is 2.61 bits per heavy atom. The molecule has 242 valence electrons. The summed E-state index contributed by atoms with van der Waals surface area (Å²) in [7, 11) is -10.1. The number of hydrogen-bond donors (Lipinski definition) is 4. The number of anilines is 1. The van der Waals surface area contributed by atoms with Crippen molar-refractivity contribution in [3.05, 3.63) is 41.9 Å². The second-order valence-electron chi connectivity index (χ2n) is 11.0. The molecule has 0 radical (unpaired) electrons. The number of fused-ring (bicyclic) bond motifs is 1. The SMILES string of the molecule is C[C@H](NP(=O)(Oc1ccccc1)OP(=O)(O)OCC1OC(n2cnc3c(N)nc(Cl)nc32)C(F)C1O)C(=O)OCC(C)(C)C. The number of carbonyl (C=O) groups is 1. The Morgan fingerprint density at radius 2 is 1.95 bits per heavy atom. The van der Waals surface area contributed by atoms with Crippen LogP contribution in [0.3, 0.4) is 0 Å². The molecule has 3 aromatic rings. The van der Waals surface area contributed by atoms with E-state index in [0.29, 0.717) is 0 Å². The maximum Gasteiger partial charge on any atom is 0.481 e. The minimum Gasteiger partial charge on any atom is -0.464 e. The number of alkyl halides is 1. The summed E-state index contributed by atoms with van der Waals surface area (Å²) in [6.45, 7) is 5.92. The largest absolute Gasteiger partial charge is 0.481 e. The Bertz CT molecular complexity index is 1580. The van der Waals surface area contributed by atoms with Crippen molar-refractivity contribution in [1.82, 2.24) is 24.6 Å². The van der Waals surface area contributed by atoms with E-state index in [-0.39, 0.29) is 40.0 Å². The van der Waals surface area contributed by atoms with Crippen molar-refractivity contribution in [3.8, 4) is 5.75 Å². The molecule has 1 aliphatic heterocycles. The van der Waals surface area contributed by atoms with Crippen molar-refractivity contribution in [3.63, 3.8) is 0 Å². The number of nitrogens with one attached hydrogen (secondary N) is 1. The quantitative estimate of drug-likeness (QED) is 0.122. The number of aliphatic hydroxyl groups is 1. The van der Waals surface area contributed by atoms with E-state index in [1.54, 1.807) is 6.07 Å². The third kappa shape index (κ3) is 8.50. The molecule has 44 heavy (non-hydrogen) atoms. The lowest BCUT2D eigenvalue weighted by atomic mass is 9.99. The number of phosphoric ester groups is 1. The van der Waals surface area contributed by atoms with Crippen molar-refractivity contribution in [2.24, 2.45) is 5.41 Å². The predicted octanol–water partition coefficient (Wildman–Crippen LogP) is 3.55. The van der Waals surface area contributed by atoms with E-state index in [0.717, 1.165) is 10.9 Å². The van der Waals surface area contributed by atoms with Gasteiger partial charge in [0.25, 0.3) is 0 Å². The van der Waals surface area contributed by atoms with E-state index in [1.165, 1.54) is 31.2 Å². The molecule has 1 aliphatic rings. The first kappa shape index (κ1) is 34.2. The Morgan fingerprint density at radius 1 is 1.27 bits per heavy atom. The number of esters is 1. The van der Waals surface area contributed by atoms with E-state index < -0.39 is 58.8 Å². The van der Waals surface area contributed by atoms with Crippen molar-refractivity contribution in [1.29, 1.82) is 0 Å².